The largest absolute Gasteiger partial charge is 0.311 e. The van der Waals surface area contributed by atoms with E-state index in [1.807, 2.05) is 97.1 Å². The minimum atomic E-state index is 0. The van der Waals surface area contributed by atoms with Gasteiger partial charge < -0.3 is 9.80 Å². The van der Waals surface area contributed by atoms with Crippen LogP contribution in [0.4, 0.5) is 34.1 Å². The first-order valence-electron chi connectivity index (χ1n) is 44.9. The van der Waals surface area contributed by atoms with Crippen LogP contribution in [-0.2, 0) is 17.1 Å². The first-order chi connectivity index (χ1) is 66.4. The molecule has 0 amide bonds. The van der Waals surface area contributed by atoms with Crippen LogP contribution in [0.1, 0.15) is 100 Å². The molecular formula is C124H86CuN10. The van der Waals surface area contributed by atoms with E-state index in [4.69, 9.17) is 39.9 Å². The van der Waals surface area contributed by atoms with Crippen LogP contribution < -0.4 is 9.80 Å². The van der Waals surface area contributed by atoms with Gasteiger partial charge in [-0.15, -0.1) is 0 Å². The van der Waals surface area contributed by atoms with Crippen LogP contribution in [0.3, 0.4) is 0 Å². The smallest absolute Gasteiger partial charge is 0.164 e. The quantitative estimate of drug-likeness (QED) is 0.0630. The summed E-state index contributed by atoms with van der Waals surface area (Å²) in [5, 5.41) is 0. The molecule has 11 heteroatoms. The maximum absolute atomic E-state index is 4.95. The molecule has 0 atom stereocenters. The maximum atomic E-state index is 4.95. The molecule has 5 heterocycles. The second-order valence-corrected chi connectivity index (χ2v) is 32.6. The van der Waals surface area contributed by atoms with Gasteiger partial charge in [0, 0.05) is 95.7 Å². The number of anilines is 6. The van der Waals surface area contributed by atoms with E-state index in [0.29, 0.717) is 46.7 Å². The predicted molar refractivity (Wildman–Crippen MR) is 562 cm³/mol. The topological polar surface area (TPSA) is 105 Å². The van der Waals surface area contributed by atoms with Gasteiger partial charge >= 0.3 is 0 Å². The minimum Gasteiger partial charge on any atom is -0.311 e. The van der Waals surface area contributed by atoms with Crippen molar-refractivity contribution in [3.8, 4) is 22.3 Å². The van der Waals surface area contributed by atoms with E-state index in [1.165, 1.54) is 77.9 Å². The first kappa shape index (κ1) is 85.5. The van der Waals surface area contributed by atoms with Crippen molar-refractivity contribution < 1.29 is 17.1 Å². The minimum absolute atomic E-state index is 0. The normalized spacial score (nSPS) is 12.7. The van der Waals surface area contributed by atoms with E-state index in [2.05, 4.69) is 435 Å². The van der Waals surface area contributed by atoms with Gasteiger partial charge in [0.05, 0.1) is 0 Å². The van der Waals surface area contributed by atoms with Crippen molar-refractivity contribution in [2.24, 2.45) is 39.9 Å². The number of fused-ring (bicyclic) bond motifs is 16. The Kier molecular flexibility index (Phi) is 25.4. The predicted octanol–water partition coefficient (Wildman–Crippen LogP) is 30.0. The molecule has 10 nitrogen and oxygen atoms in total. The van der Waals surface area contributed by atoms with E-state index in [9.17, 15) is 0 Å². The summed E-state index contributed by atoms with van der Waals surface area (Å²) in [6, 6.07) is 169. The molecule has 0 fully saturated rings. The number of benzene rings is 18. The average molecular weight is 1780 g/mol. The van der Waals surface area contributed by atoms with Crippen LogP contribution in [0.2, 0.25) is 0 Å². The van der Waals surface area contributed by atoms with Gasteiger partial charge in [-0.3, -0.25) is 0 Å². The fraction of sp³-hybridized carbons (Fsp3) is 0. The zero-order chi connectivity index (χ0) is 89.6. The Morgan fingerprint density at radius 3 is 0.481 bits per heavy atom. The van der Waals surface area contributed by atoms with Crippen molar-refractivity contribution in [3.63, 3.8) is 0 Å². The second-order valence-electron chi connectivity index (χ2n) is 32.6. The van der Waals surface area contributed by atoms with Gasteiger partial charge in [0.15, 0.2) is 46.7 Å². The van der Waals surface area contributed by atoms with E-state index < -0.39 is 0 Å². The summed E-state index contributed by atoms with van der Waals surface area (Å²) in [5.74, 6) is 4.42. The van der Waals surface area contributed by atoms with Crippen molar-refractivity contribution in [1.29, 1.82) is 0 Å². The molecule has 18 aromatic rings. The molecule has 18 aromatic carbocycles. The number of hydrogen-bond acceptors (Lipinski definition) is 10. The van der Waals surface area contributed by atoms with Gasteiger partial charge in [-0.2, -0.15) is 0 Å². The molecule has 0 unspecified atom stereocenters. The second kappa shape index (κ2) is 40.2. The van der Waals surface area contributed by atoms with Gasteiger partial charge in [-0.25, -0.2) is 39.9 Å². The summed E-state index contributed by atoms with van der Waals surface area (Å²) in [7, 11) is 0. The molecule has 5 aliphatic heterocycles. The first-order valence-corrected chi connectivity index (χ1v) is 44.9. The van der Waals surface area contributed by atoms with Crippen LogP contribution >= 0.6 is 0 Å². The molecule has 135 heavy (non-hydrogen) atoms. The van der Waals surface area contributed by atoms with Crippen molar-refractivity contribution >= 4 is 128 Å². The Morgan fingerprint density at radius 2 is 0.296 bits per heavy atom. The third kappa shape index (κ3) is 19.4. The fourth-order valence-electron chi connectivity index (χ4n) is 17.1. The molecule has 5 aliphatic rings. The van der Waals surface area contributed by atoms with E-state index in [-0.39, 0.29) is 17.1 Å². The molecule has 0 N–H and O–H groups in total. The summed E-state index contributed by atoms with van der Waals surface area (Å²) in [4.78, 5) is 43.8. The summed E-state index contributed by atoms with van der Waals surface area (Å²) in [6.45, 7) is 0. The van der Waals surface area contributed by atoms with Gasteiger partial charge in [-0.05, 0) is 174 Å². The molecule has 0 aromatic heterocycles. The van der Waals surface area contributed by atoms with E-state index >= 15 is 0 Å². The standard InChI is InChI=1S/C52H40N2.C40H30.C32H16N8.Cu/c1-5-13-47(14-6-1)53(48-15-7-2-8-16-48)51-37-29-43(30-38-51)23-21-41-25-33-45(34-26-41)46-35-27-42(28-36-46)22-24-44-31-39-52(40-32-44)54(49-17-9-3-10-18-49)50-19-11-4-12-20-50;1-5-13-35(14-6-1)39(36-15-7-2-8-16-36)29-31-21-25-33(26-22-31)34-27-23-32(24-28-34)30-40(37-17-9-3-10-18-37)38-19-11-4-12-20-38;1-2-10-18-17(9-1)25-33-26(18)38-28-21-13-5-6-14-22(21)30(35-28)40-32-24-16-8-7-15-23(24)31(36-32)39-29-20-12-4-3-11-19(20)27(34-29)37-25;/h1-40H;1-30H;1-16H;/b23-21+,24-22+;;;. The number of para-hydroxylation sites is 4. The molecular weight excluding hydrogens is 1690 g/mol. The number of rotatable bonds is 18. The van der Waals surface area contributed by atoms with Crippen molar-refractivity contribution in [3.05, 3.63) is 585 Å². The van der Waals surface area contributed by atoms with E-state index in [0.717, 1.165) is 89.8 Å². The number of nitrogens with zero attached hydrogens (tertiary/aromatic N) is 10. The van der Waals surface area contributed by atoms with Crippen molar-refractivity contribution in [2.75, 3.05) is 9.80 Å². The number of aliphatic imine (C=N–C) groups is 8. The Hall–Kier alpha value is -17.6. The third-order valence-electron chi connectivity index (χ3n) is 23.9. The molecule has 0 spiro atoms. The van der Waals surface area contributed by atoms with Crippen LogP contribution in [0, 0.1) is 0 Å². The van der Waals surface area contributed by atoms with Gasteiger partial charge in [0.25, 0.3) is 0 Å². The van der Waals surface area contributed by atoms with Crippen LogP contribution in [0.25, 0.3) is 69.9 Å². The Bertz CT molecular complexity index is 6920. The maximum Gasteiger partial charge on any atom is 0.164 e. The van der Waals surface area contributed by atoms with Gasteiger partial charge in [0.2, 0.25) is 0 Å². The summed E-state index contributed by atoms with van der Waals surface area (Å²) in [5.41, 5.74) is 33.1. The number of hydrogen-bond donors (Lipinski definition) is 0. The van der Waals surface area contributed by atoms with E-state index in [1.54, 1.807) is 0 Å². The molecule has 643 valence electrons. The molecule has 1 radical (unpaired) electrons. The summed E-state index contributed by atoms with van der Waals surface area (Å²) in [6.07, 6.45) is 13.2. The SMILES string of the molecule is C(=C(c1ccccc1)c1ccccc1)c1ccc(-c2ccc(C=C(c3ccccc3)c3ccccc3)cc2)cc1.C(=C\c1ccc(N(c2ccccc2)c2ccccc2)cc1)/c1ccc(-c2ccc(/C=C/c3ccc(N(c4ccccc4)c4ccccc4)cc3)cc2)cc1.[Cu].c1ccc2c(c1)C1=NC2=NC2=NC(=NC3=NC(=NC4=NC(=N1)c1ccccc14)c1ccccc13)c1ccccc12. The van der Waals surface area contributed by atoms with Gasteiger partial charge in [-0.1, -0.05) is 437 Å². The Balaban J connectivity index is 0.000000127. The molecule has 0 aliphatic carbocycles. The van der Waals surface area contributed by atoms with Gasteiger partial charge in [0.1, 0.15) is 0 Å². The van der Waals surface area contributed by atoms with Crippen molar-refractivity contribution in [2.45, 2.75) is 0 Å². The summed E-state index contributed by atoms with van der Waals surface area (Å²) < 4.78 is 0. The summed E-state index contributed by atoms with van der Waals surface area (Å²) >= 11 is 0. The molecule has 23 rings (SSSR count). The van der Waals surface area contributed by atoms with Crippen LogP contribution in [-0.4, -0.2) is 46.7 Å². The molecule has 8 bridgehead atoms. The Labute approximate surface area is 797 Å². The van der Waals surface area contributed by atoms with Crippen molar-refractivity contribution in [1.82, 2.24) is 0 Å². The fourth-order valence-corrected chi connectivity index (χ4v) is 17.1. The zero-order valence-corrected chi connectivity index (χ0v) is 74.4. The molecule has 0 saturated heterocycles. The number of amidine groups is 8. The third-order valence-corrected chi connectivity index (χ3v) is 23.9. The van der Waals surface area contributed by atoms with Crippen LogP contribution in [0.15, 0.2) is 525 Å². The van der Waals surface area contributed by atoms with Crippen LogP contribution in [0.5, 0.6) is 0 Å². The monoisotopic (exact) mass is 1780 g/mol. The Morgan fingerprint density at radius 1 is 0.148 bits per heavy atom. The average Bonchev–Trinajstić information content (AvgIpc) is 1.60. The zero-order valence-electron chi connectivity index (χ0n) is 73.4. The molecule has 0 saturated carbocycles.